The molecule has 1 aromatic carbocycles. The fourth-order valence-corrected chi connectivity index (χ4v) is 5.54. The van der Waals surface area contributed by atoms with E-state index in [9.17, 15) is 31.3 Å². The van der Waals surface area contributed by atoms with Crippen molar-refractivity contribution in [2.24, 2.45) is 17.6 Å². The molecule has 1 aromatic rings. The highest BCUT2D eigenvalue weighted by Crippen LogP contribution is 2.27. The fourth-order valence-electron chi connectivity index (χ4n) is 3.21. The van der Waals surface area contributed by atoms with Gasteiger partial charge in [0.15, 0.2) is 0 Å². The smallest absolute Gasteiger partial charge is 0.304 e. The van der Waals surface area contributed by atoms with Crippen molar-refractivity contribution in [2.45, 2.75) is 69.4 Å². The van der Waals surface area contributed by atoms with Gasteiger partial charge in [-0.3, -0.25) is 9.35 Å². The molecule has 9 nitrogen and oxygen atoms in total. The Morgan fingerprint density at radius 3 is 2.00 bits per heavy atom. The summed E-state index contributed by atoms with van der Waals surface area (Å²) in [6.45, 7) is 8.36. The number of nitrogens with two attached hydrogens (primary N) is 1. The first-order valence-electron chi connectivity index (χ1n) is 9.61. The third kappa shape index (κ3) is 6.08. The van der Waals surface area contributed by atoms with Crippen molar-refractivity contribution in [3.63, 3.8) is 0 Å². The van der Waals surface area contributed by atoms with Crippen LogP contribution in [0.2, 0.25) is 0 Å². The number of carbonyl (C=O) groups is 1. The topological polar surface area (TPSA) is 164 Å². The fraction of sp³-hybridized carbons (Fsp3) is 0.632. The van der Waals surface area contributed by atoms with Crippen molar-refractivity contribution < 1.29 is 31.3 Å². The Kier molecular flexibility index (Phi) is 8.74. The summed E-state index contributed by atoms with van der Waals surface area (Å²) < 4.78 is 61.7. The van der Waals surface area contributed by atoms with E-state index in [1.165, 1.54) is 12.1 Å². The monoisotopic (exact) mass is 464 g/mol. The molecule has 0 aliphatic rings. The van der Waals surface area contributed by atoms with E-state index in [-0.39, 0.29) is 29.6 Å². The molecule has 0 fully saturated rings. The second kappa shape index (κ2) is 9.84. The molecule has 30 heavy (non-hydrogen) atoms. The summed E-state index contributed by atoms with van der Waals surface area (Å²) in [5.74, 6) is -1.86. The van der Waals surface area contributed by atoms with Gasteiger partial charge in [0, 0.05) is 0 Å². The Hall–Kier alpha value is -1.37. The first kappa shape index (κ1) is 26.7. The van der Waals surface area contributed by atoms with Crippen molar-refractivity contribution in [3.8, 4) is 0 Å². The van der Waals surface area contributed by atoms with Crippen LogP contribution in [0.5, 0.6) is 0 Å². The molecule has 2 unspecified atom stereocenters. The molecule has 0 amide bonds. The van der Waals surface area contributed by atoms with Crippen LogP contribution in [0.4, 0.5) is 0 Å². The van der Waals surface area contributed by atoms with Crippen molar-refractivity contribution in [3.05, 3.63) is 29.8 Å². The van der Waals surface area contributed by atoms with E-state index in [0.29, 0.717) is 5.56 Å². The average molecular weight is 465 g/mol. The molecule has 0 saturated carbocycles. The minimum atomic E-state index is -5.37. The highest BCUT2D eigenvalue weighted by atomic mass is 32.2. The molecule has 0 aliphatic heterocycles. The van der Waals surface area contributed by atoms with Crippen LogP contribution >= 0.6 is 0 Å². The minimum Gasteiger partial charge on any atom is -0.366 e. The van der Waals surface area contributed by atoms with Gasteiger partial charge in [0.05, 0.1) is 17.0 Å². The third-order valence-electron chi connectivity index (χ3n) is 4.68. The van der Waals surface area contributed by atoms with Crippen LogP contribution in [0.1, 0.15) is 46.1 Å². The Labute approximate surface area is 178 Å². The van der Waals surface area contributed by atoms with Crippen molar-refractivity contribution in [1.29, 1.82) is 0 Å². The van der Waals surface area contributed by atoms with Crippen molar-refractivity contribution >= 4 is 25.9 Å². The molecule has 1 rings (SSSR count). The molecule has 172 valence electrons. The zero-order valence-corrected chi connectivity index (χ0v) is 19.5. The summed E-state index contributed by atoms with van der Waals surface area (Å²) >= 11 is 0. The number of hydrogen-bond donors (Lipinski definition) is 4. The quantitative estimate of drug-likeness (QED) is 0.355. The van der Waals surface area contributed by atoms with Gasteiger partial charge in [0.2, 0.25) is 15.8 Å². The predicted molar refractivity (Wildman–Crippen MR) is 114 cm³/mol. The maximum atomic E-state index is 13.2. The Bertz CT molecular complexity index is 959. The van der Waals surface area contributed by atoms with Gasteiger partial charge in [-0.1, -0.05) is 45.9 Å². The number of sulfonamides is 1. The van der Waals surface area contributed by atoms with E-state index in [2.05, 4.69) is 4.72 Å². The molecule has 0 heterocycles. The molecule has 0 bridgehead atoms. The van der Waals surface area contributed by atoms with Gasteiger partial charge in [-0.05, 0) is 43.2 Å². The zero-order valence-electron chi connectivity index (χ0n) is 17.9. The molecule has 3 atom stereocenters. The summed E-state index contributed by atoms with van der Waals surface area (Å²) in [6, 6.07) is 2.79. The SMILES string of the molecule is Cc1ccccc1S(=O)(=O)N[C@@H](CC(C)C)C(=O)C(O)(C(N)CC(C)C)S(=O)(=O)O. The van der Waals surface area contributed by atoms with Crippen LogP contribution < -0.4 is 10.5 Å². The van der Waals surface area contributed by atoms with Crippen LogP contribution in [0, 0.1) is 18.8 Å². The minimum absolute atomic E-state index is 0.0894. The highest BCUT2D eigenvalue weighted by molar-refractivity contribution is 7.89. The van der Waals surface area contributed by atoms with E-state index in [0.717, 1.165) is 0 Å². The van der Waals surface area contributed by atoms with Crippen molar-refractivity contribution in [2.75, 3.05) is 0 Å². The molecule has 0 saturated heterocycles. The Morgan fingerprint density at radius 2 is 1.57 bits per heavy atom. The standard InChI is InChI=1S/C19H32N2O7S2/c1-12(2)10-15(21-29(24,25)16-9-7-6-8-14(16)5)18(22)19(23,30(26,27)28)17(20)11-13(3)4/h6-9,12-13,15,17,21,23H,10-11,20H2,1-5H3,(H,26,27,28)/t15-,17?,19?/m0/s1. The van der Waals surface area contributed by atoms with Gasteiger partial charge < -0.3 is 10.8 Å². The number of hydrogen-bond acceptors (Lipinski definition) is 7. The predicted octanol–water partition coefficient (Wildman–Crippen LogP) is 1.21. The van der Waals surface area contributed by atoms with Crippen LogP contribution in [0.15, 0.2) is 29.2 Å². The summed E-state index contributed by atoms with van der Waals surface area (Å²) in [7, 11) is -9.61. The molecule has 11 heteroatoms. The maximum absolute atomic E-state index is 13.2. The first-order chi connectivity index (χ1) is 13.5. The number of rotatable bonds is 11. The van der Waals surface area contributed by atoms with E-state index in [1.54, 1.807) is 46.8 Å². The lowest BCUT2D eigenvalue weighted by Crippen LogP contribution is -2.64. The number of nitrogens with one attached hydrogen (secondary N) is 1. The number of Topliss-reactive ketones (excluding diaryl/α,β-unsaturated/α-hetero) is 1. The third-order valence-corrected chi connectivity index (χ3v) is 7.60. The second-order valence-corrected chi connectivity index (χ2v) is 11.6. The molecule has 0 aliphatic carbocycles. The van der Waals surface area contributed by atoms with Gasteiger partial charge in [-0.25, -0.2) is 13.1 Å². The lowest BCUT2D eigenvalue weighted by molar-refractivity contribution is -0.134. The maximum Gasteiger partial charge on any atom is 0.304 e. The molecule has 0 radical (unpaired) electrons. The number of benzene rings is 1. The zero-order chi connectivity index (χ0) is 23.5. The average Bonchev–Trinajstić information content (AvgIpc) is 2.57. The molecule has 0 aromatic heterocycles. The van der Waals surface area contributed by atoms with E-state index < -0.39 is 42.9 Å². The number of carbonyl (C=O) groups excluding carboxylic acids is 1. The Morgan fingerprint density at radius 1 is 1.07 bits per heavy atom. The van der Waals surface area contributed by atoms with Crippen LogP contribution in [0.3, 0.4) is 0 Å². The number of aryl methyl sites for hydroxylation is 1. The van der Waals surface area contributed by atoms with E-state index >= 15 is 0 Å². The van der Waals surface area contributed by atoms with Gasteiger partial charge in [0.1, 0.15) is 0 Å². The van der Waals surface area contributed by atoms with Crippen LogP contribution in [-0.4, -0.2) is 49.3 Å². The summed E-state index contributed by atoms with van der Waals surface area (Å²) in [5, 5.41) is 10.8. The van der Waals surface area contributed by atoms with Gasteiger partial charge in [-0.15, -0.1) is 0 Å². The molecular formula is C19H32N2O7S2. The van der Waals surface area contributed by atoms with Gasteiger partial charge in [0.25, 0.3) is 4.93 Å². The highest BCUT2D eigenvalue weighted by Gasteiger charge is 2.56. The number of aliphatic hydroxyl groups is 1. The molecular weight excluding hydrogens is 432 g/mol. The number of ketones is 1. The molecule has 0 spiro atoms. The first-order valence-corrected chi connectivity index (χ1v) is 12.5. The summed E-state index contributed by atoms with van der Waals surface area (Å²) in [6.07, 6.45) is -0.211. The van der Waals surface area contributed by atoms with Crippen LogP contribution in [-0.2, 0) is 24.9 Å². The van der Waals surface area contributed by atoms with Crippen LogP contribution in [0.25, 0.3) is 0 Å². The van der Waals surface area contributed by atoms with E-state index in [4.69, 9.17) is 5.73 Å². The summed E-state index contributed by atoms with van der Waals surface area (Å²) in [5.41, 5.74) is 6.24. The normalized spacial score (nSPS) is 17.0. The summed E-state index contributed by atoms with van der Waals surface area (Å²) in [4.78, 5) is 9.72. The van der Waals surface area contributed by atoms with Gasteiger partial charge >= 0.3 is 10.1 Å². The lowest BCUT2D eigenvalue weighted by atomic mass is 9.91. The molecule has 5 N–H and O–H groups in total. The van der Waals surface area contributed by atoms with Crippen molar-refractivity contribution in [1.82, 2.24) is 4.72 Å². The lowest BCUT2D eigenvalue weighted by Gasteiger charge is -2.34. The van der Waals surface area contributed by atoms with E-state index in [1.807, 2.05) is 0 Å². The second-order valence-electron chi connectivity index (χ2n) is 8.34. The largest absolute Gasteiger partial charge is 0.366 e. The van der Waals surface area contributed by atoms with Gasteiger partial charge in [-0.2, -0.15) is 8.42 Å². The Balaban J connectivity index is 3.48.